The van der Waals surface area contributed by atoms with E-state index in [9.17, 15) is 9.59 Å². The summed E-state index contributed by atoms with van der Waals surface area (Å²) < 4.78 is 9.81. The maximum absolute atomic E-state index is 12.4. The molecule has 1 amide bonds. The molecule has 0 atom stereocenters. The molecule has 0 radical (unpaired) electrons. The molecule has 1 N–H and O–H groups in total. The summed E-state index contributed by atoms with van der Waals surface area (Å²) in [4.78, 5) is 25.2. The number of rotatable bonds is 11. The second kappa shape index (κ2) is 11.6. The second-order valence-corrected chi connectivity index (χ2v) is 5.03. The average Bonchev–Trinajstić information content (AvgIpc) is 2.59. The highest BCUT2D eigenvalue weighted by Gasteiger charge is 2.15. The molecular formula is C17H25NO5. The first-order valence-corrected chi connectivity index (χ1v) is 7.74. The molecule has 0 unspecified atom stereocenters. The first-order chi connectivity index (χ1) is 11.2. The summed E-state index contributed by atoms with van der Waals surface area (Å²) in [6, 6.07) is 9.79. The van der Waals surface area contributed by atoms with Crippen LogP contribution in [0.2, 0.25) is 0 Å². The number of carbonyl (C=O) groups is 2. The van der Waals surface area contributed by atoms with Crippen molar-refractivity contribution < 1.29 is 24.2 Å². The van der Waals surface area contributed by atoms with Gasteiger partial charge in [0.25, 0.3) is 0 Å². The van der Waals surface area contributed by atoms with Gasteiger partial charge in [0.15, 0.2) is 0 Å². The van der Waals surface area contributed by atoms with Gasteiger partial charge in [-0.2, -0.15) is 0 Å². The fraction of sp³-hybridized carbons (Fsp3) is 0.529. The summed E-state index contributed by atoms with van der Waals surface area (Å²) in [6.07, 6.45) is 1.20. The van der Waals surface area contributed by atoms with Crippen LogP contribution in [0.3, 0.4) is 0 Å². The molecule has 6 heteroatoms. The van der Waals surface area contributed by atoms with E-state index < -0.39 is 0 Å². The van der Waals surface area contributed by atoms with Crippen molar-refractivity contribution in [2.45, 2.75) is 19.3 Å². The first kappa shape index (κ1) is 19.1. The Balaban J connectivity index is 2.47. The predicted octanol–water partition coefficient (Wildman–Crippen LogP) is 1.02. The van der Waals surface area contributed by atoms with Crippen LogP contribution in [0.25, 0.3) is 0 Å². The lowest BCUT2D eigenvalue weighted by atomic mass is 10.1. The highest BCUT2D eigenvalue weighted by molar-refractivity contribution is 5.77. The number of esters is 1. The second-order valence-electron chi connectivity index (χ2n) is 5.03. The summed E-state index contributed by atoms with van der Waals surface area (Å²) in [7, 11) is 1.33. The summed E-state index contributed by atoms with van der Waals surface area (Å²) >= 11 is 0. The lowest BCUT2D eigenvalue weighted by molar-refractivity contribution is -0.142. The van der Waals surface area contributed by atoms with Crippen LogP contribution >= 0.6 is 0 Å². The molecule has 0 aliphatic carbocycles. The Morgan fingerprint density at radius 1 is 1.09 bits per heavy atom. The third-order valence-corrected chi connectivity index (χ3v) is 3.38. The number of benzene rings is 1. The number of amides is 1. The van der Waals surface area contributed by atoms with Gasteiger partial charge in [-0.15, -0.1) is 0 Å². The van der Waals surface area contributed by atoms with Crippen molar-refractivity contribution in [2.75, 3.05) is 40.0 Å². The Labute approximate surface area is 137 Å². The van der Waals surface area contributed by atoms with Gasteiger partial charge in [0.2, 0.25) is 5.91 Å². The Kier molecular flexibility index (Phi) is 9.66. The van der Waals surface area contributed by atoms with Crippen molar-refractivity contribution in [3.05, 3.63) is 35.9 Å². The van der Waals surface area contributed by atoms with Gasteiger partial charge in [0, 0.05) is 19.5 Å². The lowest BCUT2D eigenvalue weighted by Gasteiger charge is -2.22. The van der Waals surface area contributed by atoms with E-state index in [0.29, 0.717) is 32.5 Å². The van der Waals surface area contributed by atoms with Crippen LogP contribution < -0.4 is 0 Å². The monoisotopic (exact) mass is 323 g/mol. The third kappa shape index (κ3) is 8.32. The smallest absolute Gasteiger partial charge is 0.307 e. The van der Waals surface area contributed by atoms with Crippen LogP contribution in [0.5, 0.6) is 0 Å². The van der Waals surface area contributed by atoms with Crippen molar-refractivity contribution >= 4 is 11.9 Å². The summed E-state index contributed by atoms with van der Waals surface area (Å²) in [5.41, 5.74) is 1.10. The van der Waals surface area contributed by atoms with Crippen molar-refractivity contribution in [2.24, 2.45) is 0 Å². The van der Waals surface area contributed by atoms with Crippen LogP contribution in [0.15, 0.2) is 30.3 Å². The first-order valence-electron chi connectivity index (χ1n) is 7.74. The Morgan fingerprint density at radius 2 is 1.83 bits per heavy atom. The fourth-order valence-electron chi connectivity index (χ4n) is 2.08. The predicted molar refractivity (Wildman–Crippen MR) is 85.9 cm³/mol. The largest absolute Gasteiger partial charge is 0.469 e. The number of aliphatic hydroxyl groups is 1. The minimum absolute atomic E-state index is 0.0228. The molecule has 0 saturated carbocycles. The van der Waals surface area contributed by atoms with Crippen LogP contribution in [-0.2, 0) is 25.5 Å². The molecule has 0 fully saturated rings. The van der Waals surface area contributed by atoms with E-state index in [0.717, 1.165) is 5.56 Å². The van der Waals surface area contributed by atoms with E-state index >= 15 is 0 Å². The van der Waals surface area contributed by atoms with Crippen LogP contribution in [0, 0.1) is 0 Å². The van der Waals surface area contributed by atoms with E-state index in [2.05, 4.69) is 4.74 Å². The van der Waals surface area contributed by atoms with Gasteiger partial charge >= 0.3 is 5.97 Å². The van der Waals surface area contributed by atoms with Gasteiger partial charge in [0.1, 0.15) is 0 Å². The highest BCUT2D eigenvalue weighted by atomic mass is 16.5. The summed E-state index contributed by atoms with van der Waals surface area (Å²) in [5.74, 6) is -0.368. The summed E-state index contributed by atoms with van der Waals surface area (Å²) in [6.45, 7) is 1.22. The van der Waals surface area contributed by atoms with E-state index in [1.165, 1.54) is 7.11 Å². The molecule has 128 valence electrons. The third-order valence-electron chi connectivity index (χ3n) is 3.38. The zero-order chi connectivity index (χ0) is 16.9. The van der Waals surface area contributed by atoms with Crippen LogP contribution in [-0.4, -0.2) is 61.9 Å². The standard InChI is InChI=1S/C17H25NO5/c1-22-17(21)9-10-18(11-13-23-14-12-19)16(20)8-7-15-5-3-2-4-6-15/h2-6,19H,7-14H2,1H3. The molecular weight excluding hydrogens is 298 g/mol. The lowest BCUT2D eigenvalue weighted by Crippen LogP contribution is -2.36. The number of aliphatic hydroxyl groups excluding tert-OH is 1. The van der Waals surface area contributed by atoms with E-state index in [4.69, 9.17) is 9.84 Å². The molecule has 1 rings (SSSR count). The number of hydrogen-bond donors (Lipinski definition) is 1. The SMILES string of the molecule is COC(=O)CCN(CCOCCO)C(=O)CCc1ccccc1. The molecule has 6 nitrogen and oxygen atoms in total. The maximum atomic E-state index is 12.4. The summed E-state index contributed by atoms with van der Waals surface area (Å²) in [5, 5.41) is 8.69. The number of nitrogens with zero attached hydrogens (tertiary/aromatic N) is 1. The number of methoxy groups -OCH3 is 1. The molecule has 0 bridgehead atoms. The van der Waals surface area contributed by atoms with Crippen molar-refractivity contribution in [3.63, 3.8) is 0 Å². The van der Waals surface area contributed by atoms with Gasteiger partial charge in [-0.05, 0) is 12.0 Å². The number of aryl methyl sites for hydroxylation is 1. The van der Waals surface area contributed by atoms with Gasteiger partial charge in [-0.1, -0.05) is 30.3 Å². The minimum atomic E-state index is -0.345. The van der Waals surface area contributed by atoms with Crippen LogP contribution in [0.1, 0.15) is 18.4 Å². The Bertz CT molecular complexity index is 463. The highest BCUT2D eigenvalue weighted by Crippen LogP contribution is 2.06. The quantitative estimate of drug-likeness (QED) is 0.486. The Hall–Kier alpha value is -1.92. The van der Waals surface area contributed by atoms with Gasteiger partial charge in [-0.25, -0.2) is 0 Å². The molecule has 0 aliphatic rings. The minimum Gasteiger partial charge on any atom is -0.469 e. The topological polar surface area (TPSA) is 76.1 Å². The fourth-order valence-corrected chi connectivity index (χ4v) is 2.08. The molecule has 0 saturated heterocycles. The maximum Gasteiger partial charge on any atom is 0.307 e. The van der Waals surface area contributed by atoms with Crippen molar-refractivity contribution in [1.29, 1.82) is 0 Å². The zero-order valence-electron chi connectivity index (χ0n) is 13.6. The van der Waals surface area contributed by atoms with Gasteiger partial charge in [-0.3, -0.25) is 9.59 Å². The Morgan fingerprint density at radius 3 is 2.48 bits per heavy atom. The normalized spacial score (nSPS) is 10.3. The van der Waals surface area contributed by atoms with Crippen LogP contribution in [0.4, 0.5) is 0 Å². The molecule has 23 heavy (non-hydrogen) atoms. The number of hydrogen-bond acceptors (Lipinski definition) is 5. The number of carbonyl (C=O) groups excluding carboxylic acids is 2. The van der Waals surface area contributed by atoms with Gasteiger partial charge in [0.05, 0.1) is 33.4 Å². The molecule has 0 spiro atoms. The van der Waals surface area contributed by atoms with Crippen molar-refractivity contribution in [3.8, 4) is 0 Å². The number of ether oxygens (including phenoxy) is 2. The molecule has 0 heterocycles. The van der Waals surface area contributed by atoms with Gasteiger partial charge < -0.3 is 19.5 Å². The molecule has 0 aromatic heterocycles. The average molecular weight is 323 g/mol. The van der Waals surface area contributed by atoms with E-state index in [1.807, 2.05) is 30.3 Å². The van der Waals surface area contributed by atoms with E-state index in [1.54, 1.807) is 4.90 Å². The molecule has 1 aromatic rings. The zero-order valence-corrected chi connectivity index (χ0v) is 13.6. The molecule has 0 aliphatic heterocycles. The van der Waals surface area contributed by atoms with E-state index in [-0.39, 0.29) is 31.5 Å². The van der Waals surface area contributed by atoms with Crippen molar-refractivity contribution in [1.82, 2.24) is 4.90 Å². The molecule has 1 aromatic carbocycles.